The van der Waals surface area contributed by atoms with Gasteiger partial charge in [-0.05, 0) is 43.0 Å². The van der Waals surface area contributed by atoms with E-state index in [-0.39, 0.29) is 17.4 Å². The molecule has 1 aliphatic rings. The largest absolute Gasteiger partial charge is 0.497 e. The molecule has 5 nitrogen and oxygen atoms in total. The SMILES string of the molecule is COc1ccc(S(=O)(=O)NCC2CCCC2O)cc1. The van der Waals surface area contributed by atoms with Crippen molar-refractivity contribution >= 4 is 10.0 Å². The quantitative estimate of drug-likeness (QED) is 0.850. The lowest BCUT2D eigenvalue weighted by Crippen LogP contribution is -2.32. The third-order valence-electron chi connectivity index (χ3n) is 3.52. The maximum absolute atomic E-state index is 12.1. The van der Waals surface area contributed by atoms with Crippen LogP contribution in [-0.2, 0) is 10.0 Å². The molecule has 2 N–H and O–H groups in total. The van der Waals surface area contributed by atoms with Crippen molar-refractivity contribution in [2.24, 2.45) is 5.92 Å². The predicted molar refractivity (Wildman–Crippen MR) is 71.5 cm³/mol. The molecular weight excluding hydrogens is 266 g/mol. The molecule has 1 aromatic carbocycles. The van der Waals surface area contributed by atoms with Gasteiger partial charge in [0.15, 0.2) is 0 Å². The minimum atomic E-state index is -3.51. The van der Waals surface area contributed by atoms with Gasteiger partial charge in [-0.15, -0.1) is 0 Å². The fourth-order valence-electron chi connectivity index (χ4n) is 2.31. The summed E-state index contributed by atoms with van der Waals surface area (Å²) in [5.41, 5.74) is 0. The number of hydrogen-bond acceptors (Lipinski definition) is 4. The highest BCUT2D eigenvalue weighted by Gasteiger charge is 2.26. The van der Waals surface area contributed by atoms with Crippen LogP contribution in [0.2, 0.25) is 0 Å². The minimum Gasteiger partial charge on any atom is -0.497 e. The van der Waals surface area contributed by atoms with Gasteiger partial charge in [0.25, 0.3) is 0 Å². The van der Waals surface area contributed by atoms with Crippen LogP contribution in [0.3, 0.4) is 0 Å². The molecule has 2 rings (SSSR count). The Morgan fingerprint density at radius 1 is 1.32 bits per heavy atom. The van der Waals surface area contributed by atoms with E-state index >= 15 is 0 Å². The molecule has 19 heavy (non-hydrogen) atoms. The van der Waals surface area contributed by atoms with Crippen molar-refractivity contribution in [2.45, 2.75) is 30.3 Å². The standard InChI is InChI=1S/C13H19NO4S/c1-18-11-5-7-12(8-6-11)19(16,17)14-9-10-3-2-4-13(10)15/h5-8,10,13-15H,2-4,9H2,1H3. The highest BCUT2D eigenvalue weighted by atomic mass is 32.2. The third kappa shape index (κ3) is 3.46. The molecule has 1 fully saturated rings. The summed E-state index contributed by atoms with van der Waals surface area (Å²) in [6.07, 6.45) is 2.19. The Morgan fingerprint density at radius 3 is 2.53 bits per heavy atom. The van der Waals surface area contributed by atoms with Crippen LogP contribution >= 0.6 is 0 Å². The minimum absolute atomic E-state index is 0.0213. The van der Waals surface area contributed by atoms with E-state index in [4.69, 9.17) is 4.74 Å². The molecule has 1 aliphatic carbocycles. The Labute approximate surface area is 113 Å². The number of aliphatic hydroxyl groups is 1. The van der Waals surface area contributed by atoms with E-state index in [0.717, 1.165) is 19.3 Å². The molecule has 0 saturated heterocycles. The normalized spacial score (nSPS) is 23.5. The first-order valence-electron chi connectivity index (χ1n) is 6.35. The van der Waals surface area contributed by atoms with Gasteiger partial charge in [-0.2, -0.15) is 0 Å². The van der Waals surface area contributed by atoms with Gasteiger partial charge in [-0.25, -0.2) is 13.1 Å². The predicted octanol–water partition coefficient (Wildman–Crippen LogP) is 1.13. The Hall–Kier alpha value is -1.11. The molecule has 0 aliphatic heterocycles. The number of hydrogen-bond donors (Lipinski definition) is 2. The summed E-state index contributed by atoms with van der Waals surface area (Å²) >= 11 is 0. The third-order valence-corrected chi connectivity index (χ3v) is 4.96. The van der Waals surface area contributed by atoms with E-state index in [1.807, 2.05) is 0 Å². The maximum Gasteiger partial charge on any atom is 0.240 e. The average molecular weight is 285 g/mol. The Bertz CT molecular complexity index is 512. The first-order valence-corrected chi connectivity index (χ1v) is 7.83. The van der Waals surface area contributed by atoms with Gasteiger partial charge >= 0.3 is 0 Å². The summed E-state index contributed by atoms with van der Waals surface area (Å²) in [6, 6.07) is 6.23. The molecule has 0 spiro atoms. The average Bonchev–Trinajstić information content (AvgIpc) is 2.82. The van der Waals surface area contributed by atoms with Gasteiger partial charge in [-0.3, -0.25) is 0 Å². The lowest BCUT2D eigenvalue weighted by Gasteiger charge is -2.15. The van der Waals surface area contributed by atoms with Gasteiger partial charge in [0.05, 0.1) is 18.1 Å². The molecule has 0 heterocycles. The second-order valence-electron chi connectivity index (χ2n) is 4.79. The van der Waals surface area contributed by atoms with E-state index < -0.39 is 16.1 Å². The molecule has 2 unspecified atom stereocenters. The molecule has 0 aromatic heterocycles. The number of aliphatic hydroxyl groups excluding tert-OH is 1. The molecule has 6 heteroatoms. The lowest BCUT2D eigenvalue weighted by molar-refractivity contribution is 0.134. The van der Waals surface area contributed by atoms with Crippen molar-refractivity contribution in [3.05, 3.63) is 24.3 Å². The highest BCUT2D eigenvalue weighted by molar-refractivity contribution is 7.89. The molecule has 1 saturated carbocycles. The van der Waals surface area contributed by atoms with Crippen LogP contribution in [-0.4, -0.2) is 33.3 Å². The summed E-state index contributed by atoms with van der Waals surface area (Å²) < 4.78 is 31.7. The summed E-state index contributed by atoms with van der Waals surface area (Å²) in [5, 5.41) is 9.67. The molecule has 0 radical (unpaired) electrons. The molecule has 0 bridgehead atoms. The summed E-state index contributed by atoms with van der Waals surface area (Å²) in [5.74, 6) is 0.637. The van der Waals surface area contributed by atoms with Crippen molar-refractivity contribution in [3.8, 4) is 5.75 Å². The zero-order valence-corrected chi connectivity index (χ0v) is 11.7. The number of nitrogens with one attached hydrogen (secondary N) is 1. The van der Waals surface area contributed by atoms with E-state index in [1.54, 1.807) is 12.1 Å². The van der Waals surface area contributed by atoms with Crippen molar-refractivity contribution in [1.82, 2.24) is 4.72 Å². The van der Waals surface area contributed by atoms with Crippen LogP contribution in [0.4, 0.5) is 0 Å². The van der Waals surface area contributed by atoms with Crippen molar-refractivity contribution < 1.29 is 18.3 Å². The van der Waals surface area contributed by atoms with E-state index in [2.05, 4.69) is 4.72 Å². The van der Waals surface area contributed by atoms with Crippen molar-refractivity contribution in [3.63, 3.8) is 0 Å². The van der Waals surface area contributed by atoms with Gasteiger partial charge in [0, 0.05) is 6.54 Å². The monoisotopic (exact) mass is 285 g/mol. The summed E-state index contributed by atoms with van der Waals surface area (Å²) in [4.78, 5) is 0.209. The number of ether oxygens (including phenoxy) is 1. The van der Waals surface area contributed by atoms with Crippen LogP contribution in [0.15, 0.2) is 29.2 Å². The topological polar surface area (TPSA) is 75.6 Å². The molecule has 2 atom stereocenters. The van der Waals surface area contributed by atoms with Gasteiger partial charge < -0.3 is 9.84 Å². The molecule has 1 aromatic rings. The molecule has 0 amide bonds. The molecule has 106 valence electrons. The van der Waals surface area contributed by atoms with E-state index in [0.29, 0.717) is 5.75 Å². The van der Waals surface area contributed by atoms with Crippen LogP contribution in [0.1, 0.15) is 19.3 Å². The fraction of sp³-hybridized carbons (Fsp3) is 0.538. The zero-order valence-electron chi connectivity index (χ0n) is 10.9. The summed E-state index contributed by atoms with van der Waals surface area (Å²) in [7, 11) is -1.98. The summed E-state index contributed by atoms with van der Waals surface area (Å²) in [6.45, 7) is 0.287. The lowest BCUT2D eigenvalue weighted by atomic mass is 10.1. The van der Waals surface area contributed by atoms with E-state index in [9.17, 15) is 13.5 Å². The number of sulfonamides is 1. The van der Waals surface area contributed by atoms with Crippen LogP contribution in [0.5, 0.6) is 5.75 Å². The Morgan fingerprint density at radius 2 is 2.00 bits per heavy atom. The second-order valence-corrected chi connectivity index (χ2v) is 6.55. The molecular formula is C13H19NO4S. The Balaban J connectivity index is 2.01. The van der Waals surface area contributed by atoms with Crippen LogP contribution in [0.25, 0.3) is 0 Å². The van der Waals surface area contributed by atoms with Gasteiger partial charge in [-0.1, -0.05) is 6.42 Å². The number of benzene rings is 1. The van der Waals surface area contributed by atoms with Crippen molar-refractivity contribution in [1.29, 1.82) is 0 Å². The maximum atomic E-state index is 12.1. The smallest absolute Gasteiger partial charge is 0.240 e. The Kier molecular flexibility index (Phi) is 4.44. The zero-order chi connectivity index (χ0) is 13.9. The second kappa shape index (κ2) is 5.90. The fourth-order valence-corrected chi connectivity index (χ4v) is 3.40. The van der Waals surface area contributed by atoms with Gasteiger partial charge in [0.2, 0.25) is 10.0 Å². The first-order chi connectivity index (χ1) is 9.03. The highest BCUT2D eigenvalue weighted by Crippen LogP contribution is 2.25. The van der Waals surface area contributed by atoms with Crippen molar-refractivity contribution in [2.75, 3.05) is 13.7 Å². The number of rotatable bonds is 5. The first kappa shape index (κ1) is 14.3. The van der Waals surface area contributed by atoms with Gasteiger partial charge in [0.1, 0.15) is 5.75 Å². The van der Waals surface area contributed by atoms with Crippen LogP contribution < -0.4 is 9.46 Å². The van der Waals surface area contributed by atoms with E-state index in [1.165, 1.54) is 19.2 Å². The number of methoxy groups -OCH3 is 1. The van der Waals surface area contributed by atoms with Crippen LogP contribution in [0, 0.1) is 5.92 Å².